The average molecular weight is 253 g/mol. The molecule has 0 radical (unpaired) electrons. The predicted molar refractivity (Wildman–Crippen MR) is 60.7 cm³/mol. The van der Waals surface area contributed by atoms with Gasteiger partial charge in [-0.3, -0.25) is 0 Å². The fraction of sp³-hybridized carbons (Fsp3) is 0.100. The standard InChI is InChI=1S/C10H9F2N5O/c11-8(12)18-6-4-2-1-3-5(6)7-15-9(13)17-10(14)16-7/h1-4,8H,(H4,13,14,15,16,17). The minimum absolute atomic E-state index is 0.0579. The van der Waals surface area contributed by atoms with Crippen LogP contribution < -0.4 is 16.2 Å². The molecule has 8 heteroatoms. The number of rotatable bonds is 3. The summed E-state index contributed by atoms with van der Waals surface area (Å²) in [6, 6.07) is 6.07. The smallest absolute Gasteiger partial charge is 0.387 e. The Kier molecular flexibility index (Phi) is 3.18. The van der Waals surface area contributed by atoms with Gasteiger partial charge in [-0.05, 0) is 12.1 Å². The summed E-state index contributed by atoms with van der Waals surface area (Å²) in [7, 11) is 0. The topological polar surface area (TPSA) is 99.9 Å². The maximum atomic E-state index is 12.3. The van der Waals surface area contributed by atoms with E-state index in [1.54, 1.807) is 12.1 Å². The van der Waals surface area contributed by atoms with Gasteiger partial charge in [-0.2, -0.15) is 23.7 Å². The van der Waals surface area contributed by atoms with Crippen LogP contribution in [0.25, 0.3) is 11.4 Å². The Morgan fingerprint density at radius 3 is 2.22 bits per heavy atom. The Balaban J connectivity index is 2.49. The number of hydrogen-bond acceptors (Lipinski definition) is 6. The second-order valence-electron chi connectivity index (χ2n) is 3.25. The Morgan fingerprint density at radius 1 is 1.00 bits per heavy atom. The Hall–Kier alpha value is -2.51. The van der Waals surface area contributed by atoms with Crippen molar-refractivity contribution in [2.75, 3.05) is 11.5 Å². The molecular formula is C10H9F2N5O. The molecule has 0 saturated carbocycles. The summed E-state index contributed by atoms with van der Waals surface area (Å²) in [5.41, 5.74) is 11.1. The van der Waals surface area contributed by atoms with Crippen LogP contribution in [-0.4, -0.2) is 21.6 Å². The van der Waals surface area contributed by atoms with Crippen LogP contribution >= 0.6 is 0 Å². The van der Waals surface area contributed by atoms with E-state index in [0.29, 0.717) is 0 Å². The van der Waals surface area contributed by atoms with E-state index in [1.807, 2.05) is 0 Å². The molecule has 2 rings (SSSR count). The first-order valence-corrected chi connectivity index (χ1v) is 4.87. The summed E-state index contributed by atoms with van der Waals surface area (Å²) in [6.07, 6.45) is 0. The number of hydrogen-bond donors (Lipinski definition) is 2. The zero-order valence-corrected chi connectivity index (χ0v) is 9.05. The summed E-state index contributed by atoms with van der Waals surface area (Å²) in [6.45, 7) is -2.94. The first-order chi connectivity index (χ1) is 8.56. The number of halogens is 2. The average Bonchev–Trinajstić information content (AvgIpc) is 2.27. The zero-order valence-electron chi connectivity index (χ0n) is 9.05. The number of nitrogen functional groups attached to an aromatic ring is 2. The lowest BCUT2D eigenvalue weighted by molar-refractivity contribution is -0.0494. The number of para-hydroxylation sites is 1. The summed E-state index contributed by atoms with van der Waals surface area (Å²) in [4.78, 5) is 11.2. The third-order valence-corrected chi connectivity index (χ3v) is 2.01. The fourth-order valence-electron chi connectivity index (χ4n) is 1.38. The number of alkyl halides is 2. The van der Waals surface area contributed by atoms with Crippen molar-refractivity contribution in [2.24, 2.45) is 0 Å². The zero-order chi connectivity index (χ0) is 13.1. The van der Waals surface area contributed by atoms with Crippen molar-refractivity contribution in [2.45, 2.75) is 6.61 Å². The van der Waals surface area contributed by atoms with Crippen molar-refractivity contribution in [1.82, 2.24) is 15.0 Å². The normalized spacial score (nSPS) is 10.6. The van der Waals surface area contributed by atoms with Gasteiger partial charge < -0.3 is 16.2 Å². The van der Waals surface area contributed by atoms with E-state index in [1.165, 1.54) is 12.1 Å². The molecule has 0 bridgehead atoms. The molecule has 0 unspecified atom stereocenters. The lowest BCUT2D eigenvalue weighted by atomic mass is 10.2. The van der Waals surface area contributed by atoms with Crippen LogP contribution in [0, 0.1) is 0 Å². The first kappa shape index (κ1) is 12.0. The van der Waals surface area contributed by atoms with Crippen molar-refractivity contribution in [3.63, 3.8) is 0 Å². The van der Waals surface area contributed by atoms with E-state index in [0.717, 1.165) is 0 Å². The van der Waals surface area contributed by atoms with E-state index in [2.05, 4.69) is 19.7 Å². The number of benzene rings is 1. The highest BCUT2D eigenvalue weighted by atomic mass is 19.3. The minimum atomic E-state index is -2.94. The molecular weight excluding hydrogens is 244 g/mol. The Bertz CT molecular complexity index is 543. The van der Waals surface area contributed by atoms with Gasteiger partial charge in [0, 0.05) is 0 Å². The molecule has 0 spiro atoms. The molecule has 4 N–H and O–H groups in total. The van der Waals surface area contributed by atoms with Crippen LogP contribution in [0.2, 0.25) is 0 Å². The van der Waals surface area contributed by atoms with Crippen LogP contribution in [0.4, 0.5) is 20.7 Å². The number of nitrogens with two attached hydrogens (primary N) is 2. The molecule has 0 aliphatic heterocycles. The third kappa shape index (κ3) is 2.59. The minimum Gasteiger partial charge on any atom is -0.434 e. The highest BCUT2D eigenvalue weighted by Crippen LogP contribution is 2.28. The van der Waals surface area contributed by atoms with Crippen LogP contribution in [0.1, 0.15) is 0 Å². The van der Waals surface area contributed by atoms with Gasteiger partial charge in [0.05, 0.1) is 5.56 Å². The molecule has 2 aromatic rings. The van der Waals surface area contributed by atoms with Crippen molar-refractivity contribution < 1.29 is 13.5 Å². The third-order valence-electron chi connectivity index (χ3n) is 2.01. The Labute approximate surface area is 101 Å². The van der Waals surface area contributed by atoms with Gasteiger partial charge in [0.1, 0.15) is 5.75 Å². The predicted octanol–water partition coefficient (Wildman–Crippen LogP) is 1.30. The second kappa shape index (κ2) is 4.78. The number of ether oxygens (including phenoxy) is 1. The van der Waals surface area contributed by atoms with Gasteiger partial charge in [-0.1, -0.05) is 12.1 Å². The quantitative estimate of drug-likeness (QED) is 0.855. The highest BCUT2D eigenvalue weighted by molar-refractivity contribution is 5.65. The van der Waals surface area contributed by atoms with Crippen LogP contribution in [0.5, 0.6) is 5.75 Å². The van der Waals surface area contributed by atoms with Crippen molar-refractivity contribution >= 4 is 11.9 Å². The summed E-state index contributed by atoms with van der Waals surface area (Å²) in [5.74, 6) is -0.164. The molecule has 0 fully saturated rings. The molecule has 0 amide bonds. The van der Waals surface area contributed by atoms with E-state index in [4.69, 9.17) is 11.5 Å². The van der Waals surface area contributed by atoms with E-state index >= 15 is 0 Å². The molecule has 1 heterocycles. The first-order valence-electron chi connectivity index (χ1n) is 4.87. The molecule has 0 saturated heterocycles. The maximum absolute atomic E-state index is 12.3. The number of anilines is 2. The summed E-state index contributed by atoms with van der Waals surface area (Å²) < 4.78 is 28.9. The Morgan fingerprint density at radius 2 is 1.61 bits per heavy atom. The summed E-state index contributed by atoms with van der Waals surface area (Å²) >= 11 is 0. The summed E-state index contributed by atoms with van der Waals surface area (Å²) in [5, 5.41) is 0. The molecule has 18 heavy (non-hydrogen) atoms. The highest BCUT2D eigenvalue weighted by Gasteiger charge is 2.13. The molecule has 6 nitrogen and oxygen atoms in total. The fourth-order valence-corrected chi connectivity index (χ4v) is 1.38. The largest absolute Gasteiger partial charge is 0.434 e. The SMILES string of the molecule is Nc1nc(N)nc(-c2ccccc2OC(F)F)n1. The lowest BCUT2D eigenvalue weighted by Crippen LogP contribution is -2.07. The second-order valence-corrected chi connectivity index (χ2v) is 3.25. The lowest BCUT2D eigenvalue weighted by Gasteiger charge is -2.09. The van der Waals surface area contributed by atoms with Crippen molar-refractivity contribution in [3.8, 4) is 17.1 Å². The molecule has 0 aliphatic carbocycles. The van der Waals surface area contributed by atoms with Gasteiger partial charge in [-0.25, -0.2) is 0 Å². The molecule has 1 aromatic heterocycles. The molecule has 0 atom stereocenters. The van der Waals surface area contributed by atoms with Crippen LogP contribution in [0.15, 0.2) is 24.3 Å². The van der Waals surface area contributed by atoms with Gasteiger partial charge in [0.25, 0.3) is 0 Å². The van der Waals surface area contributed by atoms with Gasteiger partial charge in [0.15, 0.2) is 5.82 Å². The van der Waals surface area contributed by atoms with Crippen molar-refractivity contribution in [1.29, 1.82) is 0 Å². The van der Waals surface area contributed by atoms with Crippen molar-refractivity contribution in [3.05, 3.63) is 24.3 Å². The monoisotopic (exact) mass is 253 g/mol. The molecule has 0 aliphatic rings. The van der Waals surface area contributed by atoms with E-state index in [-0.39, 0.29) is 29.0 Å². The van der Waals surface area contributed by atoms with Gasteiger partial charge in [-0.15, -0.1) is 0 Å². The number of aromatic nitrogens is 3. The number of nitrogens with zero attached hydrogens (tertiary/aromatic N) is 3. The van der Waals surface area contributed by atoms with Crippen LogP contribution in [0.3, 0.4) is 0 Å². The van der Waals surface area contributed by atoms with Crippen LogP contribution in [-0.2, 0) is 0 Å². The van der Waals surface area contributed by atoms with E-state index in [9.17, 15) is 8.78 Å². The molecule has 1 aromatic carbocycles. The maximum Gasteiger partial charge on any atom is 0.387 e. The van der Waals surface area contributed by atoms with Gasteiger partial charge >= 0.3 is 6.61 Å². The van der Waals surface area contributed by atoms with Gasteiger partial charge in [0.2, 0.25) is 11.9 Å². The molecule has 94 valence electrons. The van der Waals surface area contributed by atoms with E-state index < -0.39 is 6.61 Å².